The molecule has 0 aliphatic heterocycles. The van der Waals surface area contributed by atoms with Crippen molar-refractivity contribution in [3.8, 4) is 11.8 Å². The van der Waals surface area contributed by atoms with E-state index in [0.29, 0.717) is 0 Å². The van der Waals surface area contributed by atoms with Crippen molar-refractivity contribution in [1.29, 1.82) is 0 Å². The third-order valence-corrected chi connectivity index (χ3v) is 2.51. The topological polar surface area (TPSA) is 115 Å². The van der Waals surface area contributed by atoms with E-state index in [4.69, 9.17) is 21.4 Å². The number of hydrogen-bond donors (Lipinski definition) is 1. The maximum Gasteiger partial charge on any atom is 0.338 e. The molecule has 1 heterocycles. The number of carboxylic acids is 1. The monoisotopic (exact) mass is 295 g/mol. The molecule has 2 rings (SSSR count). The Balaban J connectivity index is 2.34. The molecule has 0 aliphatic carbocycles. The molecule has 0 radical (unpaired) electrons. The predicted molar refractivity (Wildman–Crippen MR) is 67.2 cm³/mol. The van der Waals surface area contributed by atoms with Gasteiger partial charge < -0.3 is 9.84 Å². The quantitative estimate of drug-likeness (QED) is 0.680. The zero-order chi connectivity index (χ0) is 14.7. The fourth-order valence-electron chi connectivity index (χ4n) is 1.31. The number of nitro groups is 1. The van der Waals surface area contributed by atoms with Crippen molar-refractivity contribution in [3.63, 3.8) is 0 Å². The number of nitro benzene ring substituents is 1. The third kappa shape index (κ3) is 2.81. The fraction of sp³-hybridized carbons (Fsp3) is 0. The van der Waals surface area contributed by atoms with E-state index in [1.54, 1.807) is 0 Å². The zero-order valence-electron chi connectivity index (χ0n) is 9.69. The van der Waals surface area contributed by atoms with Gasteiger partial charge in [0.2, 0.25) is 5.75 Å². The van der Waals surface area contributed by atoms with Gasteiger partial charge in [-0.2, -0.15) is 0 Å². The lowest BCUT2D eigenvalue weighted by molar-refractivity contribution is -0.385. The van der Waals surface area contributed by atoms with E-state index in [1.807, 2.05) is 0 Å². The average Bonchev–Trinajstić information content (AvgIpc) is 2.41. The van der Waals surface area contributed by atoms with Crippen molar-refractivity contribution in [1.82, 2.24) is 9.97 Å². The normalized spacial score (nSPS) is 10.1. The maximum absolute atomic E-state index is 10.9. The molecule has 0 atom stereocenters. The van der Waals surface area contributed by atoms with E-state index in [9.17, 15) is 14.9 Å². The van der Waals surface area contributed by atoms with Crippen molar-refractivity contribution in [2.75, 3.05) is 0 Å². The van der Waals surface area contributed by atoms with E-state index < -0.39 is 10.9 Å². The molecule has 2 aromatic rings. The molecule has 0 spiro atoms. The van der Waals surface area contributed by atoms with Crippen molar-refractivity contribution < 1.29 is 19.6 Å². The minimum absolute atomic E-state index is 0.0186. The van der Waals surface area contributed by atoms with Gasteiger partial charge in [0.05, 0.1) is 15.5 Å². The molecule has 0 bridgehead atoms. The zero-order valence-corrected chi connectivity index (χ0v) is 10.4. The van der Waals surface area contributed by atoms with Gasteiger partial charge in [-0.05, 0) is 6.07 Å². The molecular weight excluding hydrogens is 290 g/mol. The molecule has 0 saturated carbocycles. The second kappa shape index (κ2) is 5.49. The van der Waals surface area contributed by atoms with Crippen LogP contribution in [0.1, 0.15) is 10.4 Å². The largest absolute Gasteiger partial charge is 0.478 e. The SMILES string of the molecule is O=C(O)c1cnc(Oc2c(Cl)cccc2[N+](=O)[O-])nc1. The molecule has 1 N–H and O–H groups in total. The summed E-state index contributed by atoms with van der Waals surface area (Å²) < 4.78 is 5.15. The molecule has 0 fully saturated rings. The van der Waals surface area contributed by atoms with Gasteiger partial charge in [-0.15, -0.1) is 0 Å². The molecule has 0 saturated heterocycles. The number of nitrogens with zero attached hydrogens (tertiary/aromatic N) is 3. The maximum atomic E-state index is 10.9. The number of carboxylic acid groups (broad SMARTS) is 1. The van der Waals surface area contributed by atoms with Crippen LogP contribution in [0, 0.1) is 10.1 Å². The van der Waals surface area contributed by atoms with Crippen LogP contribution in [-0.2, 0) is 0 Å². The average molecular weight is 296 g/mol. The predicted octanol–water partition coefficient (Wildman–Crippen LogP) is 2.53. The Morgan fingerprint density at radius 1 is 1.35 bits per heavy atom. The van der Waals surface area contributed by atoms with Gasteiger partial charge in [-0.3, -0.25) is 10.1 Å². The van der Waals surface area contributed by atoms with Crippen LogP contribution in [0.15, 0.2) is 30.6 Å². The summed E-state index contributed by atoms with van der Waals surface area (Å²) in [6.45, 7) is 0. The van der Waals surface area contributed by atoms with Gasteiger partial charge in [0.25, 0.3) is 0 Å². The highest BCUT2D eigenvalue weighted by molar-refractivity contribution is 6.32. The Kier molecular flexibility index (Phi) is 3.76. The lowest BCUT2D eigenvalue weighted by Crippen LogP contribution is -2.01. The van der Waals surface area contributed by atoms with E-state index in [-0.39, 0.29) is 28.0 Å². The number of aromatic carboxylic acids is 1. The summed E-state index contributed by atoms with van der Waals surface area (Å²) >= 11 is 5.83. The van der Waals surface area contributed by atoms with Crippen LogP contribution in [0.2, 0.25) is 5.02 Å². The van der Waals surface area contributed by atoms with Gasteiger partial charge in [0.1, 0.15) is 0 Å². The Hall–Kier alpha value is -2.74. The molecule has 20 heavy (non-hydrogen) atoms. The van der Waals surface area contributed by atoms with Crippen LogP contribution in [0.25, 0.3) is 0 Å². The number of rotatable bonds is 4. The van der Waals surface area contributed by atoms with E-state index >= 15 is 0 Å². The van der Waals surface area contributed by atoms with Crippen molar-refractivity contribution in [2.24, 2.45) is 0 Å². The molecule has 1 aromatic carbocycles. The van der Waals surface area contributed by atoms with E-state index in [2.05, 4.69) is 9.97 Å². The van der Waals surface area contributed by atoms with Gasteiger partial charge >= 0.3 is 17.7 Å². The Labute approximate surface area is 116 Å². The summed E-state index contributed by atoms with van der Waals surface area (Å²) in [5, 5.41) is 19.6. The lowest BCUT2D eigenvalue weighted by atomic mass is 10.3. The first-order valence-corrected chi connectivity index (χ1v) is 5.53. The van der Waals surface area contributed by atoms with Gasteiger partial charge in [-0.1, -0.05) is 17.7 Å². The highest BCUT2D eigenvalue weighted by Crippen LogP contribution is 2.36. The highest BCUT2D eigenvalue weighted by atomic mass is 35.5. The van der Waals surface area contributed by atoms with Crippen molar-refractivity contribution in [2.45, 2.75) is 0 Å². The van der Waals surface area contributed by atoms with Crippen LogP contribution in [-0.4, -0.2) is 26.0 Å². The second-order valence-corrected chi connectivity index (χ2v) is 3.91. The number of carbonyl (C=O) groups is 1. The molecule has 102 valence electrons. The first kappa shape index (κ1) is 13.7. The summed E-state index contributed by atoms with van der Waals surface area (Å²) in [6.07, 6.45) is 2.04. The number of halogens is 1. The fourth-order valence-corrected chi connectivity index (χ4v) is 1.52. The summed E-state index contributed by atoms with van der Waals surface area (Å²) in [4.78, 5) is 28.1. The Bertz CT molecular complexity index is 674. The van der Waals surface area contributed by atoms with Gasteiger partial charge in [0, 0.05) is 18.5 Å². The molecule has 0 amide bonds. The number of hydrogen-bond acceptors (Lipinski definition) is 6. The minimum Gasteiger partial charge on any atom is -0.478 e. The van der Waals surface area contributed by atoms with E-state index in [1.165, 1.54) is 18.2 Å². The smallest absolute Gasteiger partial charge is 0.338 e. The van der Waals surface area contributed by atoms with Crippen LogP contribution >= 0.6 is 11.6 Å². The standard InChI is InChI=1S/C11H6ClN3O5/c12-7-2-1-3-8(15(18)19)9(7)20-11-13-4-6(5-14-11)10(16)17/h1-5H,(H,16,17). The van der Waals surface area contributed by atoms with Crippen LogP contribution in [0.5, 0.6) is 11.8 Å². The van der Waals surface area contributed by atoms with E-state index in [0.717, 1.165) is 12.4 Å². The van der Waals surface area contributed by atoms with Crippen LogP contribution in [0.4, 0.5) is 5.69 Å². The van der Waals surface area contributed by atoms with Crippen LogP contribution in [0.3, 0.4) is 0 Å². The van der Waals surface area contributed by atoms with Gasteiger partial charge in [-0.25, -0.2) is 14.8 Å². The Morgan fingerprint density at radius 2 is 2.00 bits per heavy atom. The summed E-state index contributed by atoms with van der Waals surface area (Å²) in [5.74, 6) is -1.40. The summed E-state index contributed by atoms with van der Waals surface area (Å²) in [5.41, 5.74) is -0.477. The molecule has 8 nitrogen and oxygen atoms in total. The highest BCUT2D eigenvalue weighted by Gasteiger charge is 2.20. The lowest BCUT2D eigenvalue weighted by Gasteiger charge is -2.06. The molecular formula is C11H6ClN3O5. The van der Waals surface area contributed by atoms with Gasteiger partial charge in [0.15, 0.2) is 0 Å². The summed E-state index contributed by atoms with van der Waals surface area (Å²) in [6, 6.07) is 3.79. The third-order valence-electron chi connectivity index (χ3n) is 2.21. The van der Waals surface area contributed by atoms with Crippen molar-refractivity contribution >= 4 is 23.3 Å². The molecule has 0 unspecified atom stereocenters. The second-order valence-electron chi connectivity index (χ2n) is 3.51. The number of aromatic nitrogens is 2. The summed E-state index contributed by atoms with van der Waals surface area (Å²) in [7, 11) is 0. The molecule has 0 aliphatic rings. The molecule has 9 heteroatoms. The van der Waals surface area contributed by atoms with Crippen molar-refractivity contribution in [3.05, 3.63) is 51.3 Å². The first-order valence-electron chi connectivity index (χ1n) is 5.15. The Morgan fingerprint density at radius 3 is 2.55 bits per heavy atom. The first-order chi connectivity index (χ1) is 9.49. The molecule has 1 aromatic heterocycles. The van der Waals surface area contributed by atoms with Crippen LogP contribution < -0.4 is 4.74 Å². The number of ether oxygens (including phenoxy) is 1. The number of benzene rings is 1. The minimum atomic E-state index is -1.19. The number of para-hydroxylation sites is 1.